The Morgan fingerprint density at radius 2 is 1.72 bits per heavy atom. The first kappa shape index (κ1) is 18.4. The van der Waals surface area contributed by atoms with Gasteiger partial charge in [-0.25, -0.2) is 13.1 Å². The molecule has 2 aromatic rings. The number of nitrogens with one attached hydrogen (secondary N) is 1. The highest BCUT2D eigenvalue weighted by molar-refractivity contribution is 7.89. The molecule has 0 bridgehead atoms. The van der Waals surface area contributed by atoms with Crippen LogP contribution in [0.4, 0.5) is 0 Å². The molecule has 1 heterocycles. The first-order valence-electron chi connectivity index (χ1n) is 8.40. The fraction of sp³-hybridized carbons (Fsp3) is 0.368. The second-order valence-corrected chi connectivity index (χ2v) is 8.59. The minimum absolute atomic E-state index is 0.227. The van der Waals surface area contributed by atoms with Crippen LogP contribution in [-0.2, 0) is 20.2 Å². The van der Waals surface area contributed by atoms with Crippen molar-refractivity contribution >= 4 is 21.6 Å². The Bertz CT molecular complexity index is 783. The van der Waals surface area contributed by atoms with Gasteiger partial charge in [-0.3, -0.25) is 0 Å². The fourth-order valence-electron chi connectivity index (χ4n) is 3.30. The van der Waals surface area contributed by atoms with Crippen LogP contribution in [0.25, 0.3) is 0 Å². The highest BCUT2D eigenvalue weighted by Gasteiger charge is 2.34. The smallest absolute Gasteiger partial charge is 0.240 e. The van der Waals surface area contributed by atoms with E-state index in [-0.39, 0.29) is 10.3 Å². The number of sulfonamides is 1. The van der Waals surface area contributed by atoms with Gasteiger partial charge in [-0.05, 0) is 49.1 Å². The van der Waals surface area contributed by atoms with Crippen LogP contribution in [0, 0.1) is 0 Å². The van der Waals surface area contributed by atoms with E-state index in [1.165, 1.54) is 12.1 Å². The van der Waals surface area contributed by atoms with E-state index in [4.69, 9.17) is 16.3 Å². The third-order valence-corrected chi connectivity index (χ3v) is 6.45. The van der Waals surface area contributed by atoms with Gasteiger partial charge in [0, 0.05) is 30.2 Å². The van der Waals surface area contributed by atoms with E-state index in [1.807, 2.05) is 18.2 Å². The molecular formula is C19H22ClNO3S. The molecule has 2 aromatic carbocycles. The van der Waals surface area contributed by atoms with Crippen molar-refractivity contribution in [1.82, 2.24) is 4.72 Å². The van der Waals surface area contributed by atoms with Gasteiger partial charge in [0.15, 0.2) is 0 Å². The third kappa shape index (κ3) is 4.42. The lowest BCUT2D eigenvalue weighted by atomic mass is 9.75. The number of ether oxygens (including phenoxy) is 1. The molecule has 4 nitrogen and oxygen atoms in total. The topological polar surface area (TPSA) is 55.4 Å². The number of benzene rings is 2. The molecule has 1 atom stereocenters. The average Bonchev–Trinajstić information content (AvgIpc) is 2.88. The largest absolute Gasteiger partial charge is 0.381 e. The van der Waals surface area contributed by atoms with Crippen LogP contribution in [0.5, 0.6) is 0 Å². The molecule has 6 heteroatoms. The number of rotatable bonds is 5. The molecule has 1 aliphatic rings. The second kappa shape index (κ2) is 7.87. The molecule has 0 saturated carbocycles. The maximum Gasteiger partial charge on any atom is 0.240 e. The van der Waals surface area contributed by atoms with E-state index in [0.717, 1.165) is 31.4 Å². The zero-order valence-electron chi connectivity index (χ0n) is 13.9. The second-order valence-electron chi connectivity index (χ2n) is 6.39. The van der Waals surface area contributed by atoms with Crippen molar-refractivity contribution in [1.29, 1.82) is 0 Å². The van der Waals surface area contributed by atoms with E-state index in [9.17, 15) is 8.42 Å². The summed E-state index contributed by atoms with van der Waals surface area (Å²) < 4.78 is 33.7. The lowest BCUT2D eigenvalue weighted by Crippen LogP contribution is -2.41. The molecule has 0 aliphatic carbocycles. The zero-order chi connectivity index (χ0) is 17.8. The van der Waals surface area contributed by atoms with Crippen LogP contribution < -0.4 is 4.72 Å². The van der Waals surface area contributed by atoms with Crippen molar-refractivity contribution in [3.8, 4) is 0 Å². The molecule has 1 unspecified atom stereocenters. The molecule has 1 aliphatic heterocycles. The van der Waals surface area contributed by atoms with Crippen LogP contribution in [-0.4, -0.2) is 28.2 Å². The molecule has 0 amide bonds. The van der Waals surface area contributed by atoms with Gasteiger partial charge in [0.1, 0.15) is 0 Å². The summed E-state index contributed by atoms with van der Waals surface area (Å²) in [6.07, 6.45) is 2.60. The number of hydrogen-bond acceptors (Lipinski definition) is 3. The highest BCUT2D eigenvalue weighted by atomic mass is 35.5. The minimum atomic E-state index is -3.58. The number of hydrogen-bond donors (Lipinski definition) is 1. The molecular weight excluding hydrogens is 358 g/mol. The van der Waals surface area contributed by atoms with Crippen molar-refractivity contribution in [3.63, 3.8) is 0 Å². The molecule has 25 heavy (non-hydrogen) atoms. The van der Waals surface area contributed by atoms with Crippen molar-refractivity contribution in [3.05, 3.63) is 65.2 Å². The predicted octanol–water partition coefficient (Wildman–Crippen LogP) is 3.76. The normalized spacial score (nSPS) is 21.6. The summed E-state index contributed by atoms with van der Waals surface area (Å²) in [6, 6.07) is 16.3. The summed E-state index contributed by atoms with van der Waals surface area (Å²) >= 11 is 5.85. The standard InChI is InChI=1S/C19H22ClNO3S/c20-17-7-9-18(10-8-17)25(22,23)21-15-19(11-4-13-24-14-12-19)16-5-2-1-3-6-16/h1-3,5-10,21H,4,11-15H2. The molecule has 3 rings (SSSR count). The van der Waals surface area contributed by atoms with E-state index in [1.54, 1.807) is 12.1 Å². The van der Waals surface area contributed by atoms with Gasteiger partial charge >= 0.3 is 0 Å². The molecule has 1 N–H and O–H groups in total. The van der Waals surface area contributed by atoms with Gasteiger partial charge in [-0.1, -0.05) is 41.9 Å². The Kier molecular flexibility index (Phi) is 5.79. The molecule has 0 spiro atoms. The van der Waals surface area contributed by atoms with Crippen LogP contribution in [0.2, 0.25) is 5.02 Å². The summed E-state index contributed by atoms with van der Waals surface area (Å²) in [7, 11) is -3.58. The van der Waals surface area contributed by atoms with Gasteiger partial charge in [0.2, 0.25) is 10.0 Å². The SMILES string of the molecule is O=S(=O)(NCC1(c2ccccc2)CCCOCC1)c1ccc(Cl)cc1. The van der Waals surface area contributed by atoms with Crippen molar-refractivity contribution < 1.29 is 13.2 Å². The van der Waals surface area contributed by atoms with E-state index < -0.39 is 10.0 Å². The summed E-state index contributed by atoms with van der Waals surface area (Å²) in [5.74, 6) is 0. The maximum absolute atomic E-state index is 12.7. The van der Waals surface area contributed by atoms with Crippen molar-refractivity contribution in [2.24, 2.45) is 0 Å². The molecule has 1 fully saturated rings. The summed E-state index contributed by atoms with van der Waals surface area (Å²) in [5.41, 5.74) is 0.899. The Labute approximate surface area is 154 Å². The van der Waals surface area contributed by atoms with E-state index in [2.05, 4.69) is 16.9 Å². The zero-order valence-corrected chi connectivity index (χ0v) is 15.5. The summed E-state index contributed by atoms with van der Waals surface area (Å²) in [5, 5.41) is 0.514. The van der Waals surface area contributed by atoms with Gasteiger partial charge < -0.3 is 4.74 Å². The lowest BCUT2D eigenvalue weighted by Gasteiger charge is -2.33. The third-order valence-electron chi connectivity index (χ3n) is 4.78. The van der Waals surface area contributed by atoms with Crippen LogP contribution in [0.3, 0.4) is 0 Å². The Morgan fingerprint density at radius 1 is 1.00 bits per heavy atom. The maximum atomic E-state index is 12.7. The van der Waals surface area contributed by atoms with Crippen LogP contribution in [0.15, 0.2) is 59.5 Å². The number of halogens is 1. The molecule has 1 saturated heterocycles. The van der Waals surface area contributed by atoms with E-state index in [0.29, 0.717) is 18.2 Å². The average molecular weight is 380 g/mol. The first-order valence-corrected chi connectivity index (χ1v) is 10.3. The van der Waals surface area contributed by atoms with Crippen LogP contribution >= 0.6 is 11.6 Å². The fourth-order valence-corrected chi connectivity index (χ4v) is 4.55. The summed E-state index contributed by atoms with van der Waals surface area (Å²) in [6.45, 7) is 1.71. The Morgan fingerprint density at radius 3 is 2.44 bits per heavy atom. The molecule has 0 radical (unpaired) electrons. The molecule has 0 aromatic heterocycles. The monoisotopic (exact) mass is 379 g/mol. The lowest BCUT2D eigenvalue weighted by molar-refractivity contribution is 0.139. The van der Waals surface area contributed by atoms with E-state index >= 15 is 0 Å². The van der Waals surface area contributed by atoms with Gasteiger partial charge in [0.05, 0.1) is 4.90 Å². The van der Waals surface area contributed by atoms with Gasteiger partial charge in [-0.15, -0.1) is 0 Å². The van der Waals surface area contributed by atoms with Crippen molar-refractivity contribution in [2.75, 3.05) is 19.8 Å². The minimum Gasteiger partial charge on any atom is -0.381 e. The Hall–Kier alpha value is -1.40. The molecule has 134 valence electrons. The first-order chi connectivity index (χ1) is 12.0. The summed E-state index contributed by atoms with van der Waals surface area (Å²) in [4.78, 5) is 0.227. The quantitative estimate of drug-likeness (QED) is 0.860. The predicted molar refractivity (Wildman–Crippen MR) is 99.4 cm³/mol. The highest BCUT2D eigenvalue weighted by Crippen LogP contribution is 2.35. The van der Waals surface area contributed by atoms with Crippen molar-refractivity contribution in [2.45, 2.75) is 29.6 Å². The van der Waals surface area contributed by atoms with Gasteiger partial charge in [0.25, 0.3) is 0 Å². The van der Waals surface area contributed by atoms with Crippen LogP contribution in [0.1, 0.15) is 24.8 Å². The van der Waals surface area contributed by atoms with Gasteiger partial charge in [-0.2, -0.15) is 0 Å². The Balaban J connectivity index is 1.84.